The Labute approximate surface area is 110 Å². The highest BCUT2D eigenvalue weighted by molar-refractivity contribution is 5.72. The molecule has 2 unspecified atom stereocenters. The van der Waals surface area contributed by atoms with Gasteiger partial charge in [0.1, 0.15) is 5.60 Å². The first-order chi connectivity index (χ1) is 8.16. The van der Waals surface area contributed by atoms with Crippen molar-refractivity contribution in [1.29, 1.82) is 0 Å². The predicted octanol–water partition coefficient (Wildman–Crippen LogP) is 2.12. The summed E-state index contributed by atoms with van der Waals surface area (Å²) in [6.07, 6.45) is 1.25. The molecule has 0 aromatic heterocycles. The first-order valence-corrected chi connectivity index (χ1v) is 6.73. The minimum Gasteiger partial charge on any atom is -0.459 e. The summed E-state index contributed by atoms with van der Waals surface area (Å²) in [4.78, 5) is 11.6. The molecule has 1 N–H and O–H groups in total. The Hall–Kier alpha value is -0.610. The molecule has 0 aliphatic heterocycles. The number of hydrogen-bond acceptors (Lipinski definition) is 4. The fourth-order valence-electron chi connectivity index (χ4n) is 2.30. The molecule has 4 heteroatoms. The summed E-state index contributed by atoms with van der Waals surface area (Å²) in [5, 5.41) is 3.27. The van der Waals surface area contributed by atoms with E-state index in [1.54, 1.807) is 0 Å². The SMILES string of the molecule is CCOC1CC(NCC(=O)OC(C)(C)C)C1(C)C. The van der Waals surface area contributed by atoms with E-state index in [1.165, 1.54) is 0 Å². The summed E-state index contributed by atoms with van der Waals surface area (Å²) in [5.74, 6) is -0.196. The molecule has 0 saturated heterocycles. The van der Waals surface area contributed by atoms with Crippen molar-refractivity contribution in [2.24, 2.45) is 5.41 Å². The maximum Gasteiger partial charge on any atom is 0.320 e. The van der Waals surface area contributed by atoms with Crippen molar-refractivity contribution in [1.82, 2.24) is 5.32 Å². The molecule has 1 fully saturated rings. The quantitative estimate of drug-likeness (QED) is 0.766. The number of nitrogens with one attached hydrogen (secondary N) is 1. The number of ether oxygens (including phenoxy) is 2. The van der Waals surface area contributed by atoms with Gasteiger partial charge in [0.05, 0.1) is 12.6 Å². The molecule has 0 radical (unpaired) electrons. The first kappa shape index (κ1) is 15.4. The molecular weight excluding hydrogens is 230 g/mol. The second-order valence-electron chi connectivity index (χ2n) is 6.52. The van der Waals surface area contributed by atoms with Gasteiger partial charge in [0, 0.05) is 18.1 Å². The van der Waals surface area contributed by atoms with Gasteiger partial charge in [-0.15, -0.1) is 0 Å². The molecule has 0 spiro atoms. The zero-order chi connectivity index (χ0) is 14.0. The van der Waals surface area contributed by atoms with Gasteiger partial charge >= 0.3 is 5.97 Å². The highest BCUT2D eigenvalue weighted by atomic mass is 16.6. The molecule has 1 rings (SSSR count). The van der Waals surface area contributed by atoms with Gasteiger partial charge in [0.15, 0.2) is 0 Å². The largest absolute Gasteiger partial charge is 0.459 e. The number of carbonyl (C=O) groups excluding carboxylic acids is 1. The lowest BCUT2D eigenvalue weighted by molar-refractivity contribution is -0.156. The Bertz CT molecular complexity index is 294. The minimum absolute atomic E-state index is 0.0814. The molecule has 0 heterocycles. The maximum atomic E-state index is 11.6. The fraction of sp³-hybridized carbons (Fsp3) is 0.929. The van der Waals surface area contributed by atoms with Gasteiger partial charge in [-0.1, -0.05) is 13.8 Å². The lowest BCUT2D eigenvalue weighted by Crippen LogP contribution is -2.61. The van der Waals surface area contributed by atoms with Crippen molar-refractivity contribution in [3.05, 3.63) is 0 Å². The van der Waals surface area contributed by atoms with Crippen LogP contribution in [0.1, 0.15) is 48.0 Å². The third kappa shape index (κ3) is 3.95. The van der Waals surface area contributed by atoms with E-state index in [0.717, 1.165) is 13.0 Å². The summed E-state index contributed by atoms with van der Waals surface area (Å²) in [7, 11) is 0. The Morgan fingerprint density at radius 2 is 2.00 bits per heavy atom. The third-order valence-electron chi connectivity index (χ3n) is 3.46. The predicted molar refractivity (Wildman–Crippen MR) is 71.4 cm³/mol. The van der Waals surface area contributed by atoms with E-state index in [9.17, 15) is 4.79 Å². The highest BCUT2D eigenvalue weighted by Gasteiger charge is 2.48. The van der Waals surface area contributed by atoms with Crippen LogP contribution in [0.5, 0.6) is 0 Å². The minimum atomic E-state index is -0.415. The molecule has 0 amide bonds. The van der Waals surface area contributed by atoms with Crippen molar-refractivity contribution in [3.63, 3.8) is 0 Å². The molecule has 1 saturated carbocycles. The van der Waals surface area contributed by atoms with Gasteiger partial charge in [-0.05, 0) is 34.1 Å². The molecule has 1 aliphatic rings. The van der Waals surface area contributed by atoms with Crippen LogP contribution < -0.4 is 5.32 Å². The second kappa shape index (κ2) is 5.57. The van der Waals surface area contributed by atoms with Crippen LogP contribution in [-0.4, -0.2) is 36.9 Å². The van der Waals surface area contributed by atoms with Crippen molar-refractivity contribution in [2.75, 3.05) is 13.2 Å². The number of hydrogen-bond donors (Lipinski definition) is 1. The summed E-state index contributed by atoms with van der Waals surface area (Å²) >= 11 is 0. The van der Waals surface area contributed by atoms with Crippen LogP contribution in [0.2, 0.25) is 0 Å². The van der Waals surface area contributed by atoms with Crippen LogP contribution in [0.25, 0.3) is 0 Å². The average molecular weight is 257 g/mol. The van der Waals surface area contributed by atoms with Crippen molar-refractivity contribution in [3.8, 4) is 0 Å². The van der Waals surface area contributed by atoms with Gasteiger partial charge in [-0.2, -0.15) is 0 Å². The van der Waals surface area contributed by atoms with Crippen LogP contribution in [0.4, 0.5) is 0 Å². The van der Waals surface area contributed by atoms with Crippen LogP contribution in [0.3, 0.4) is 0 Å². The lowest BCUT2D eigenvalue weighted by Gasteiger charge is -2.51. The van der Waals surface area contributed by atoms with Gasteiger partial charge in [-0.25, -0.2) is 0 Å². The zero-order valence-electron chi connectivity index (χ0n) is 12.5. The molecule has 18 heavy (non-hydrogen) atoms. The number of carbonyl (C=O) groups is 1. The van der Waals surface area contributed by atoms with Crippen molar-refractivity contribution < 1.29 is 14.3 Å². The van der Waals surface area contributed by atoms with E-state index in [2.05, 4.69) is 19.2 Å². The fourth-order valence-corrected chi connectivity index (χ4v) is 2.30. The number of rotatable bonds is 5. The molecule has 0 aromatic carbocycles. The second-order valence-corrected chi connectivity index (χ2v) is 6.52. The van der Waals surface area contributed by atoms with E-state index >= 15 is 0 Å². The smallest absolute Gasteiger partial charge is 0.320 e. The van der Waals surface area contributed by atoms with E-state index in [0.29, 0.717) is 12.1 Å². The molecule has 0 aromatic rings. The van der Waals surface area contributed by atoms with Crippen LogP contribution in [0, 0.1) is 5.41 Å². The van der Waals surface area contributed by atoms with Gasteiger partial charge in [0.25, 0.3) is 0 Å². The Morgan fingerprint density at radius 3 is 2.44 bits per heavy atom. The number of esters is 1. The molecular formula is C14H27NO3. The summed E-state index contributed by atoms with van der Waals surface area (Å²) in [5.41, 5.74) is -0.334. The van der Waals surface area contributed by atoms with E-state index in [1.807, 2.05) is 27.7 Å². The van der Waals surface area contributed by atoms with E-state index in [-0.39, 0.29) is 17.9 Å². The van der Waals surface area contributed by atoms with Gasteiger partial charge in [-0.3, -0.25) is 4.79 Å². The van der Waals surface area contributed by atoms with Gasteiger partial charge < -0.3 is 14.8 Å². The first-order valence-electron chi connectivity index (χ1n) is 6.73. The maximum absolute atomic E-state index is 11.6. The Balaban J connectivity index is 2.32. The zero-order valence-corrected chi connectivity index (χ0v) is 12.5. The van der Waals surface area contributed by atoms with Crippen molar-refractivity contribution >= 4 is 5.97 Å². The van der Waals surface area contributed by atoms with Crippen LogP contribution in [-0.2, 0) is 14.3 Å². The van der Waals surface area contributed by atoms with Crippen LogP contribution >= 0.6 is 0 Å². The molecule has 4 nitrogen and oxygen atoms in total. The van der Waals surface area contributed by atoms with E-state index in [4.69, 9.17) is 9.47 Å². The normalized spacial score (nSPS) is 26.6. The van der Waals surface area contributed by atoms with Crippen LogP contribution in [0.15, 0.2) is 0 Å². The molecule has 106 valence electrons. The summed E-state index contributed by atoms with van der Waals surface area (Å²) in [6.45, 7) is 13.0. The molecule has 0 bridgehead atoms. The third-order valence-corrected chi connectivity index (χ3v) is 3.46. The summed E-state index contributed by atoms with van der Waals surface area (Å²) < 4.78 is 10.9. The monoisotopic (exact) mass is 257 g/mol. The topological polar surface area (TPSA) is 47.6 Å². The Kier molecular flexibility index (Phi) is 4.78. The highest BCUT2D eigenvalue weighted by Crippen LogP contribution is 2.42. The standard InChI is InChI=1S/C14H27NO3/c1-7-17-11-8-10(14(11,5)6)15-9-12(16)18-13(2,3)4/h10-11,15H,7-9H2,1-6H3. The average Bonchev–Trinajstić information content (AvgIpc) is 2.19. The Morgan fingerprint density at radius 1 is 1.39 bits per heavy atom. The molecule has 2 atom stereocenters. The van der Waals surface area contributed by atoms with Crippen molar-refractivity contribution in [2.45, 2.75) is 65.7 Å². The molecule has 1 aliphatic carbocycles. The van der Waals surface area contributed by atoms with E-state index < -0.39 is 5.60 Å². The summed E-state index contributed by atoms with van der Waals surface area (Å²) in [6, 6.07) is 0.321. The van der Waals surface area contributed by atoms with Gasteiger partial charge in [0.2, 0.25) is 0 Å². The lowest BCUT2D eigenvalue weighted by atomic mass is 9.64.